The van der Waals surface area contributed by atoms with E-state index in [0.29, 0.717) is 18.3 Å². The number of fused-ring (bicyclic) bond motifs is 1. The van der Waals surface area contributed by atoms with Gasteiger partial charge in [0, 0.05) is 29.4 Å². The highest BCUT2D eigenvalue weighted by molar-refractivity contribution is 8.00. The largest absolute Gasteiger partial charge is 0.465 e. The molecule has 3 heterocycles. The Balaban J connectivity index is 1.22. The Hall–Kier alpha value is -1.41. The number of nitrogens with zero attached hydrogens (tertiary/aromatic N) is 1. The van der Waals surface area contributed by atoms with Crippen molar-refractivity contribution in [1.29, 1.82) is 0 Å². The summed E-state index contributed by atoms with van der Waals surface area (Å²) in [4.78, 5) is 27.3. The van der Waals surface area contributed by atoms with Crippen LogP contribution in [0.15, 0.2) is 29.4 Å². The molecule has 1 aromatic rings. The molecule has 2 saturated heterocycles. The van der Waals surface area contributed by atoms with E-state index < -0.39 is 0 Å². The van der Waals surface area contributed by atoms with E-state index in [1.54, 1.807) is 18.0 Å². The Morgan fingerprint density at radius 2 is 2.28 bits per heavy atom. The van der Waals surface area contributed by atoms with Gasteiger partial charge in [0.05, 0.1) is 17.1 Å². The third-order valence-electron chi connectivity index (χ3n) is 4.29. The molecule has 3 rings (SSSR count). The second-order valence-electron chi connectivity index (χ2n) is 6.10. The number of esters is 1. The molecule has 6 nitrogen and oxygen atoms in total. The van der Waals surface area contributed by atoms with E-state index in [-0.39, 0.29) is 24.1 Å². The maximum Gasteiger partial charge on any atom is 0.315 e. The van der Waals surface area contributed by atoms with E-state index >= 15 is 0 Å². The SMILES string of the molecule is O=C1N[C@H]2[C@@H](CS[C@@H]2CCCCC(=O)OCCSc2ccccn2)N1. The van der Waals surface area contributed by atoms with Crippen LogP contribution in [0.2, 0.25) is 0 Å². The fourth-order valence-corrected chi connectivity index (χ4v) is 5.29. The van der Waals surface area contributed by atoms with Crippen LogP contribution in [0.4, 0.5) is 4.79 Å². The van der Waals surface area contributed by atoms with Gasteiger partial charge >= 0.3 is 12.0 Å². The molecule has 2 aliphatic heterocycles. The molecule has 2 fully saturated rings. The number of urea groups is 1. The van der Waals surface area contributed by atoms with Gasteiger partial charge in [-0.1, -0.05) is 12.5 Å². The summed E-state index contributed by atoms with van der Waals surface area (Å²) >= 11 is 3.49. The van der Waals surface area contributed by atoms with Gasteiger partial charge in [-0.15, -0.1) is 11.8 Å². The molecular formula is C17H23N3O3S2. The Bertz CT molecular complexity index is 588. The zero-order valence-corrected chi connectivity index (χ0v) is 15.6. The molecule has 0 saturated carbocycles. The summed E-state index contributed by atoms with van der Waals surface area (Å²) in [6, 6.07) is 6.23. The van der Waals surface area contributed by atoms with Crippen LogP contribution in [0.3, 0.4) is 0 Å². The number of hydrogen-bond acceptors (Lipinski definition) is 6. The van der Waals surface area contributed by atoms with Crippen molar-refractivity contribution in [2.24, 2.45) is 0 Å². The van der Waals surface area contributed by atoms with Crippen LogP contribution in [0, 0.1) is 0 Å². The minimum absolute atomic E-state index is 0.0487. The smallest absolute Gasteiger partial charge is 0.315 e. The molecule has 3 atom stereocenters. The van der Waals surface area contributed by atoms with E-state index in [1.165, 1.54) is 0 Å². The van der Waals surface area contributed by atoms with E-state index in [0.717, 1.165) is 35.8 Å². The molecule has 0 radical (unpaired) electrons. The number of nitrogens with one attached hydrogen (secondary N) is 2. The minimum atomic E-state index is -0.130. The second-order valence-corrected chi connectivity index (χ2v) is 8.49. The van der Waals surface area contributed by atoms with Gasteiger partial charge in [0.2, 0.25) is 0 Å². The highest BCUT2D eigenvalue weighted by atomic mass is 32.2. The molecule has 0 aliphatic carbocycles. The first-order chi connectivity index (χ1) is 12.2. The summed E-state index contributed by atoms with van der Waals surface area (Å²) in [7, 11) is 0. The minimum Gasteiger partial charge on any atom is -0.465 e. The quantitative estimate of drug-likeness (QED) is 0.296. The average Bonchev–Trinajstić information content (AvgIpc) is 3.16. The van der Waals surface area contributed by atoms with Crippen LogP contribution in [0.1, 0.15) is 25.7 Å². The van der Waals surface area contributed by atoms with Gasteiger partial charge in [-0.3, -0.25) is 4.79 Å². The van der Waals surface area contributed by atoms with E-state index in [9.17, 15) is 9.59 Å². The summed E-state index contributed by atoms with van der Waals surface area (Å²) in [5.74, 6) is 1.57. The normalized spacial score (nSPS) is 24.5. The predicted octanol–water partition coefficient (Wildman–Crippen LogP) is 2.44. The van der Waals surface area contributed by atoms with Crippen molar-refractivity contribution in [3.05, 3.63) is 24.4 Å². The Labute approximate surface area is 156 Å². The van der Waals surface area contributed by atoms with Crippen LogP contribution in [-0.2, 0) is 9.53 Å². The highest BCUT2D eigenvalue weighted by Crippen LogP contribution is 2.33. The monoisotopic (exact) mass is 381 g/mol. The molecule has 136 valence electrons. The van der Waals surface area contributed by atoms with Gasteiger partial charge in [-0.05, 0) is 25.0 Å². The molecule has 25 heavy (non-hydrogen) atoms. The molecule has 2 N–H and O–H groups in total. The maximum atomic E-state index is 11.8. The lowest BCUT2D eigenvalue weighted by molar-refractivity contribution is -0.143. The Kier molecular flexibility index (Phi) is 6.86. The molecule has 1 aromatic heterocycles. The standard InChI is InChI=1S/C17H23N3O3S2/c21-15(23-9-10-24-14-6-3-4-8-18-14)7-2-1-5-13-16-12(11-25-13)19-17(22)20-16/h3-4,6,8,12-13,16H,1-2,5,7,9-11H2,(H2,19,20,22)/t12-,13-,16+/m1/s1. The van der Waals surface area contributed by atoms with Crippen LogP contribution in [0.5, 0.6) is 0 Å². The van der Waals surface area contributed by atoms with E-state index in [4.69, 9.17) is 4.74 Å². The van der Waals surface area contributed by atoms with Gasteiger partial charge in [-0.25, -0.2) is 9.78 Å². The molecular weight excluding hydrogens is 358 g/mol. The number of pyridine rings is 1. The van der Waals surface area contributed by atoms with Gasteiger partial charge in [0.1, 0.15) is 6.61 Å². The van der Waals surface area contributed by atoms with Crippen molar-refractivity contribution in [2.75, 3.05) is 18.1 Å². The van der Waals surface area contributed by atoms with E-state index in [1.807, 2.05) is 30.0 Å². The number of thioether (sulfide) groups is 2. The lowest BCUT2D eigenvalue weighted by atomic mass is 10.0. The summed E-state index contributed by atoms with van der Waals surface area (Å²) in [5.41, 5.74) is 0. The summed E-state index contributed by atoms with van der Waals surface area (Å²) < 4.78 is 5.26. The highest BCUT2D eigenvalue weighted by Gasteiger charge is 2.42. The number of hydrogen-bond donors (Lipinski definition) is 2. The van der Waals surface area contributed by atoms with Crippen LogP contribution in [0.25, 0.3) is 0 Å². The first-order valence-electron chi connectivity index (χ1n) is 8.60. The Morgan fingerprint density at radius 3 is 3.12 bits per heavy atom. The average molecular weight is 382 g/mol. The third-order valence-corrected chi connectivity index (χ3v) is 6.71. The number of carbonyl (C=O) groups is 2. The number of ether oxygens (including phenoxy) is 1. The van der Waals surface area contributed by atoms with Crippen LogP contribution in [-0.4, -0.2) is 52.4 Å². The summed E-state index contributed by atoms with van der Waals surface area (Å²) in [6.45, 7) is 0.417. The fraction of sp³-hybridized carbons (Fsp3) is 0.588. The fourth-order valence-electron chi connectivity index (χ4n) is 3.06. The van der Waals surface area contributed by atoms with Crippen LogP contribution < -0.4 is 10.6 Å². The molecule has 2 aliphatic rings. The number of carbonyl (C=O) groups excluding carboxylic acids is 2. The molecule has 0 unspecified atom stereocenters. The molecule has 0 bridgehead atoms. The number of amides is 2. The predicted molar refractivity (Wildman–Crippen MR) is 99.9 cm³/mol. The van der Waals surface area contributed by atoms with Crippen molar-refractivity contribution >= 4 is 35.5 Å². The molecule has 8 heteroatoms. The maximum absolute atomic E-state index is 11.8. The first kappa shape index (κ1) is 18.4. The van der Waals surface area contributed by atoms with E-state index in [2.05, 4.69) is 15.6 Å². The zero-order chi connectivity index (χ0) is 17.5. The van der Waals surface area contributed by atoms with Crippen molar-refractivity contribution < 1.29 is 14.3 Å². The summed E-state index contributed by atoms with van der Waals surface area (Å²) in [6.07, 6.45) is 5.06. The number of aromatic nitrogens is 1. The lowest BCUT2D eigenvalue weighted by Crippen LogP contribution is -2.36. The molecule has 0 spiro atoms. The van der Waals surface area contributed by atoms with Crippen molar-refractivity contribution in [3.8, 4) is 0 Å². The van der Waals surface area contributed by atoms with Crippen molar-refractivity contribution in [3.63, 3.8) is 0 Å². The van der Waals surface area contributed by atoms with Gasteiger partial charge < -0.3 is 15.4 Å². The van der Waals surface area contributed by atoms with Crippen molar-refractivity contribution in [2.45, 2.75) is 48.0 Å². The summed E-state index contributed by atoms with van der Waals surface area (Å²) in [5, 5.41) is 7.33. The van der Waals surface area contributed by atoms with Gasteiger partial charge in [0.15, 0.2) is 0 Å². The molecule has 0 aromatic carbocycles. The third kappa shape index (κ3) is 5.54. The molecule has 2 amide bonds. The first-order valence-corrected chi connectivity index (χ1v) is 10.6. The van der Waals surface area contributed by atoms with Crippen LogP contribution >= 0.6 is 23.5 Å². The zero-order valence-electron chi connectivity index (χ0n) is 14.0. The van der Waals surface area contributed by atoms with Gasteiger partial charge in [-0.2, -0.15) is 11.8 Å². The Morgan fingerprint density at radius 1 is 1.36 bits per heavy atom. The lowest BCUT2D eigenvalue weighted by Gasteiger charge is -2.16. The van der Waals surface area contributed by atoms with Gasteiger partial charge in [0.25, 0.3) is 0 Å². The van der Waals surface area contributed by atoms with Crippen molar-refractivity contribution in [1.82, 2.24) is 15.6 Å². The number of unbranched alkanes of at least 4 members (excludes halogenated alkanes) is 1. The number of rotatable bonds is 9. The second kappa shape index (κ2) is 9.33. The topological polar surface area (TPSA) is 80.3 Å².